The standard InChI is InChI=1S/C41H28O/c1-41(2)36-15-9-8-13-30(36)31-19-16-27(23-37(31)41)26-17-20-33-35(22-26)29-12-6-7-14-32(29)39-34-21-18-28(24-38(34)42-40(33)39)25-10-4-3-5-11-25/h3-24H,1-2H3. The lowest BCUT2D eigenvalue weighted by molar-refractivity contribution is 0.660. The topological polar surface area (TPSA) is 13.1 Å². The zero-order chi connectivity index (χ0) is 28.0. The number of hydrogen-bond donors (Lipinski definition) is 0. The van der Waals surface area contributed by atoms with Crippen molar-refractivity contribution in [3.8, 4) is 33.4 Å². The zero-order valence-corrected chi connectivity index (χ0v) is 23.6. The summed E-state index contributed by atoms with van der Waals surface area (Å²) in [6, 6.07) is 48.6. The van der Waals surface area contributed by atoms with Crippen LogP contribution in [0.1, 0.15) is 25.0 Å². The number of rotatable bonds is 2. The van der Waals surface area contributed by atoms with Crippen LogP contribution in [-0.2, 0) is 5.41 Å². The Kier molecular flexibility index (Phi) is 4.73. The van der Waals surface area contributed by atoms with Gasteiger partial charge < -0.3 is 4.42 Å². The molecule has 42 heavy (non-hydrogen) atoms. The van der Waals surface area contributed by atoms with E-state index in [0.29, 0.717) is 0 Å². The van der Waals surface area contributed by atoms with Crippen molar-refractivity contribution in [2.45, 2.75) is 19.3 Å². The summed E-state index contributed by atoms with van der Waals surface area (Å²) in [6.07, 6.45) is 0. The molecule has 0 saturated heterocycles. The smallest absolute Gasteiger partial charge is 0.143 e. The molecular weight excluding hydrogens is 508 g/mol. The molecule has 0 spiro atoms. The van der Waals surface area contributed by atoms with Crippen LogP contribution >= 0.6 is 0 Å². The number of hydrogen-bond acceptors (Lipinski definition) is 1. The predicted octanol–water partition coefficient (Wildman–Crippen LogP) is 11.5. The third kappa shape index (κ3) is 3.19. The van der Waals surface area contributed by atoms with Crippen molar-refractivity contribution in [3.05, 3.63) is 145 Å². The quantitative estimate of drug-likeness (QED) is 0.200. The van der Waals surface area contributed by atoms with Gasteiger partial charge in [0.2, 0.25) is 0 Å². The number of furan rings is 1. The first-order valence-electron chi connectivity index (χ1n) is 14.7. The molecule has 1 aliphatic rings. The highest BCUT2D eigenvalue weighted by Gasteiger charge is 2.35. The van der Waals surface area contributed by atoms with E-state index >= 15 is 0 Å². The van der Waals surface area contributed by atoms with Crippen LogP contribution in [0.4, 0.5) is 0 Å². The molecule has 1 aromatic heterocycles. The lowest BCUT2D eigenvalue weighted by atomic mass is 9.81. The van der Waals surface area contributed by atoms with Crippen molar-refractivity contribution in [1.82, 2.24) is 0 Å². The molecule has 9 rings (SSSR count). The monoisotopic (exact) mass is 536 g/mol. The van der Waals surface area contributed by atoms with Crippen LogP contribution in [0.5, 0.6) is 0 Å². The van der Waals surface area contributed by atoms with Crippen LogP contribution in [0.2, 0.25) is 0 Å². The molecule has 198 valence electrons. The highest BCUT2D eigenvalue weighted by atomic mass is 16.3. The first-order valence-corrected chi connectivity index (χ1v) is 14.7. The summed E-state index contributed by atoms with van der Waals surface area (Å²) in [7, 11) is 0. The van der Waals surface area contributed by atoms with E-state index in [4.69, 9.17) is 4.42 Å². The van der Waals surface area contributed by atoms with Crippen LogP contribution in [-0.4, -0.2) is 0 Å². The second kappa shape index (κ2) is 8.44. The summed E-state index contributed by atoms with van der Waals surface area (Å²) in [6.45, 7) is 4.69. The van der Waals surface area contributed by atoms with E-state index in [2.05, 4.69) is 147 Å². The maximum Gasteiger partial charge on any atom is 0.143 e. The molecule has 0 unspecified atom stereocenters. The molecule has 8 aromatic rings. The Morgan fingerprint density at radius 3 is 1.93 bits per heavy atom. The van der Waals surface area contributed by atoms with Crippen molar-refractivity contribution in [1.29, 1.82) is 0 Å². The van der Waals surface area contributed by atoms with E-state index in [1.54, 1.807) is 0 Å². The van der Waals surface area contributed by atoms with Gasteiger partial charge in [-0.2, -0.15) is 0 Å². The lowest BCUT2D eigenvalue weighted by Gasteiger charge is -2.22. The van der Waals surface area contributed by atoms with E-state index in [1.807, 2.05) is 0 Å². The first kappa shape index (κ1) is 23.6. The highest BCUT2D eigenvalue weighted by molar-refractivity contribution is 6.30. The molecule has 1 aliphatic carbocycles. The van der Waals surface area contributed by atoms with Gasteiger partial charge in [-0.3, -0.25) is 0 Å². The SMILES string of the molecule is CC1(C)c2ccccc2-c2ccc(-c3ccc4c(c3)c3ccccc3c3c5ccc(-c6ccccc6)cc5oc43)cc21. The minimum atomic E-state index is -0.0233. The molecule has 0 amide bonds. The summed E-state index contributed by atoms with van der Waals surface area (Å²) in [5.41, 5.74) is 12.2. The Balaban J connectivity index is 1.27. The summed E-state index contributed by atoms with van der Waals surface area (Å²) >= 11 is 0. The largest absolute Gasteiger partial charge is 0.455 e. The van der Waals surface area contributed by atoms with Crippen LogP contribution in [0, 0.1) is 0 Å². The number of benzene rings is 7. The van der Waals surface area contributed by atoms with Crippen molar-refractivity contribution in [3.63, 3.8) is 0 Å². The van der Waals surface area contributed by atoms with Gasteiger partial charge in [0.25, 0.3) is 0 Å². The molecule has 0 fully saturated rings. The maximum atomic E-state index is 6.71. The second-order valence-electron chi connectivity index (χ2n) is 12.1. The van der Waals surface area contributed by atoms with Crippen molar-refractivity contribution in [2.75, 3.05) is 0 Å². The van der Waals surface area contributed by atoms with Crippen molar-refractivity contribution in [2.24, 2.45) is 0 Å². The maximum absolute atomic E-state index is 6.71. The van der Waals surface area contributed by atoms with E-state index in [0.717, 1.165) is 21.9 Å². The normalized spacial score (nSPS) is 13.7. The summed E-state index contributed by atoms with van der Waals surface area (Å²) in [5, 5.41) is 7.21. The van der Waals surface area contributed by atoms with Gasteiger partial charge in [-0.1, -0.05) is 117 Å². The molecule has 0 radical (unpaired) electrons. The van der Waals surface area contributed by atoms with E-state index < -0.39 is 0 Å². The van der Waals surface area contributed by atoms with E-state index in [-0.39, 0.29) is 5.41 Å². The van der Waals surface area contributed by atoms with Gasteiger partial charge in [0, 0.05) is 21.6 Å². The molecule has 1 heteroatoms. The molecule has 0 bridgehead atoms. The molecule has 7 aromatic carbocycles. The summed E-state index contributed by atoms with van der Waals surface area (Å²) in [4.78, 5) is 0. The van der Waals surface area contributed by atoms with Crippen LogP contribution in [0.15, 0.2) is 138 Å². The van der Waals surface area contributed by atoms with Crippen LogP contribution in [0.3, 0.4) is 0 Å². The Bertz CT molecular complexity index is 2370. The molecule has 0 N–H and O–H groups in total. The predicted molar refractivity (Wildman–Crippen MR) is 177 cm³/mol. The van der Waals surface area contributed by atoms with Gasteiger partial charge in [-0.15, -0.1) is 0 Å². The van der Waals surface area contributed by atoms with Crippen LogP contribution < -0.4 is 0 Å². The first-order chi connectivity index (χ1) is 20.6. The summed E-state index contributed by atoms with van der Waals surface area (Å²) < 4.78 is 6.71. The fourth-order valence-corrected chi connectivity index (χ4v) is 7.33. The van der Waals surface area contributed by atoms with Crippen LogP contribution in [0.25, 0.3) is 76.9 Å². The number of fused-ring (bicyclic) bond motifs is 11. The summed E-state index contributed by atoms with van der Waals surface area (Å²) in [5.74, 6) is 0. The molecule has 0 aliphatic heterocycles. The van der Waals surface area contributed by atoms with Crippen molar-refractivity contribution >= 4 is 43.5 Å². The lowest BCUT2D eigenvalue weighted by Crippen LogP contribution is -2.14. The molecule has 1 heterocycles. The van der Waals surface area contributed by atoms with Gasteiger partial charge >= 0.3 is 0 Å². The minimum absolute atomic E-state index is 0.0233. The molecule has 1 nitrogen and oxygen atoms in total. The average molecular weight is 537 g/mol. The van der Waals surface area contributed by atoms with E-state index in [9.17, 15) is 0 Å². The second-order valence-corrected chi connectivity index (χ2v) is 12.1. The Hall–Kier alpha value is -5.14. The minimum Gasteiger partial charge on any atom is -0.455 e. The highest BCUT2D eigenvalue weighted by Crippen LogP contribution is 2.50. The Morgan fingerprint density at radius 1 is 0.429 bits per heavy atom. The Morgan fingerprint density at radius 2 is 1.07 bits per heavy atom. The van der Waals surface area contributed by atoms with Gasteiger partial charge in [-0.05, 0) is 91.0 Å². The van der Waals surface area contributed by atoms with Gasteiger partial charge in [0.15, 0.2) is 0 Å². The Labute approximate surface area is 244 Å². The fraction of sp³-hybridized carbons (Fsp3) is 0.0732. The molecular formula is C41H28O. The van der Waals surface area contributed by atoms with Gasteiger partial charge in [-0.25, -0.2) is 0 Å². The third-order valence-corrected chi connectivity index (χ3v) is 9.46. The zero-order valence-electron chi connectivity index (χ0n) is 23.6. The van der Waals surface area contributed by atoms with E-state index in [1.165, 1.54) is 66.1 Å². The van der Waals surface area contributed by atoms with Crippen molar-refractivity contribution < 1.29 is 4.42 Å². The van der Waals surface area contributed by atoms with Gasteiger partial charge in [0.05, 0.1) is 0 Å². The fourth-order valence-electron chi connectivity index (χ4n) is 7.33. The molecule has 0 saturated carbocycles. The van der Waals surface area contributed by atoms with Gasteiger partial charge in [0.1, 0.15) is 11.2 Å². The average Bonchev–Trinajstić information content (AvgIpc) is 3.54. The molecule has 0 atom stereocenters. The third-order valence-electron chi connectivity index (χ3n) is 9.46.